The van der Waals surface area contributed by atoms with E-state index in [1.165, 1.54) is 6.07 Å². The zero-order valence-electron chi connectivity index (χ0n) is 27.1. The molecular weight excluding hydrogens is 641 g/mol. The second kappa shape index (κ2) is 12.5. The number of alkyl halides is 3. The van der Waals surface area contributed by atoms with Crippen molar-refractivity contribution in [2.24, 2.45) is 5.92 Å². The second-order valence-electron chi connectivity index (χ2n) is 13.3. The van der Waals surface area contributed by atoms with Gasteiger partial charge < -0.3 is 9.80 Å². The lowest BCUT2D eigenvalue weighted by Gasteiger charge is -2.53. The van der Waals surface area contributed by atoms with E-state index in [1.54, 1.807) is 34.6 Å². The number of anilines is 1. The molecule has 0 unspecified atom stereocenters. The summed E-state index contributed by atoms with van der Waals surface area (Å²) in [5, 5.41) is 21.7. The van der Waals surface area contributed by atoms with E-state index in [4.69, 9.17) is 0 Å². The molecule has 3 fully saturated rings. The first kappa shape index (κ1) is 32.6. The summed E-state index contributed by atoms with van der Waals surface area (Å²) in [5.74, 6) is -1.66. The minimum atomic E-state index is -4.77. The number of halogens is 3. The van der Waals surface area contributed by atoms with Gasteiger partial charge in [0, 0.05) is 56.4 Å². The van der Waals surface area contributed by atoms with E-state index in [2.05, 4.69) is 41.4 Å². The Hall–Kier alpha value is -4.95. The number of rotatable bonds is 9. The van der Waals surface area contributed by atoms with Gasteiger partial charge in [0.25, 0.3) is 5.91 Å². The van der Waals surface area contributed by atoms with Crippen molar-refractivity contribution in [1.82, 2.24) is 49.0 Å². The molecule has 256 valence electrons. The van der Waals surface area contributed by atoms with Crippen molar-refractivity contribution >= 4 is 23.4 Å². The molecule has 0 bridgehead atoms. The maximum Gasteiger partial charge on any atom is 0.451 e. The Morgan fingerprint density at radius 1 is 1.10 bits per heavy atom. The predicted molar refractivity (Wildman–Crippen MR) is 169 cm³/mol. The quantitative estimate of drug-likeness (QED) is 0.280. The Labute approximate surface area is 279 Å². The SMILES string of the molecule is CN(C)Cc1cc(C(=O)N2CCC(N3CC(CC#N)(n4cc(-c5cccc6nc(NC(=O)C7CC7)nn56)cn4)C3)CC2)nc(C(F)(F)F)n1. The van der Waals surface area contributed by atoms with Gasteiger partial charge in [-0.15, -0.1) is 5.10 Å². The van der Waals surface area contributed by atoms with Gasteiger partial charge >= 0.3 is 6.18 Å². The maximum atomic E-state index is 13.5. The van der Waals surface area contributed by atoms with Crippen LogP contribution in [0.4, 0.5) is 19.1 Å². The number of piperidine rings is 1. The smallest absolute Gasteiger partial charge is 0.337 e. The highest BCUT2D eigenvalue weighted by Gasteiger charge is 2.48. The second-order valence-corrected chi connectivity index (χ2v) is 13.3. The first-order valence-electron chi connectivity index (χ1n) is 16.1. The molecule has 49 heavy (non-hydrogen) atoms. The first-order valence-corrected chi connectivity index (χ1v) is 16.1. The molecular formula is C32H35F3N12O2. The van der Waals surface area contributed by atoms with Gasteiger partial charge in [0.2, 0.25) is 17.7 Å². The van der Waals surface area contributed by atoms with E-state index in [0.29, 0.717) is 44.7 Å². The number of nitriles is 1. The van der Waals surface area contributed by atoms with Crippen molar-refractivity contribution in [2.75, 3.05) is 45.6 Å². The van der Waals surface area contributed by atoms with Gasteiger partial charge in [-0.05, 0) is 58.0 Å². The van der Waals surface area contributed by atoms with Gasteiger partial charge in [-0.2, -0.15) is 28.5 Å². The fourth-order valence-corrected chi connectivity index (χ4v) is 6.64. The number of carbonyl (C=O) groups is 2. The molecule has 2 saturated heterocycles. The molecule has 0 atom stereocenters. The Bertz CT molecular complexity index is 1930. The zero-order valence-corrected chi connectivity index (χ0v) is 27.1. The molecule has 1 N–H and O–H groups in total. The van der Waals surface area contributed by atoms with Crippen molar-refractivity contribution in [3.05, 3.63) is 53.9 Å². The number of amides is 2. The van der Waals surface area contributed by atoms with Crippen LogP contribution >= 0.6 is 0 Å². The van der Waals surface area contributed by atoms with E-state index in [-0.39, 0.29) is 48.2 Å². The maximum absolute atomic E-state index is 13.5. The van der Waals surface area contributed by atoms with Crippen LogP contribution in [0.5, 0.6) is 0 Å². The highest BCUT2D eigenvalue weighted by atomic mass is 19.4. The van der Waals surface area contributed by atoms with E-state index in [9.17, 15) is 28.0 Å². The largest absolute Gasteiger partial charge is 0.451 e. The van der Waals surface area contributed by atoms with E-state index in [1.807, 2.05) is 29.1 Å². The number of hydrogen-bond donors (Lipinski definition) is 1. The third-order valence-corrected chi connectivity index (χ3v) is 9.31. The van der Waals surface area contributed by atoms with Crippen LogP contribution in [0.25, 0.3) is 16.9 Å². The van der Waals surface area contributed by atoms with Crippen LogP contribution in [0.15, 0.2) is 36.7 Å². The standard InChI is InChI=1S/C32H35F3N12O2/c1-43(2)17-22-14-24(39-29(38-22)32(33,34)35)28(49)44-12-8-23(9-13-44)45-18-31(19-45,10-11-36)46-16-21(15-37-46)25-4-3-5-26-40-30(42-47(25)26)41-27(48)20-6-7-20/h3-5,14-16,20,23H,6-10,12-13,17-19H2,1-2H3,(H,41,42,48). The molecule has 4 aromatic rings. The van der Waals surface area contributed by atoms with Crippen LogP contribution in [-0.2, 0) is 23.1 Å². The summed E-state index contributed by atoms with van der Waals surface area (Å²) in [6.45, 7) is 2.05. The minimum Gasteiger partial charge on any atom is -0.337 e. The van der Waals surface area contributed by atoms with Gasteiger partial charge in [-0.25, -0.2) is 14.5 Å². The minimum absolute atomic E-state index is 0.0267. The number of fused-ring (bicyclic) bond motifs is 1. The Balaban J connectivity index is 1.01. The van der Waals surface area contributed by atoms with Crippen molar-refractivity contribution in [2.45, 2.75) is 56.4 Å². The normalized spacial score (nSPS) is 18.4. The van der Waals surface area contributed by atoms with Crippen molar-refractivity contribution < 1.29 is 22.8 Å². The summed E-state index contributed by atoms with van der Waals surface area (Å²) in [7, 11) is 3.42. The van der Waals surface area contributed by atoms with E-state index >= 15 is 0 Å². The van der Waals surface area contributed by atoms with Gasteiger partial charge in [-0.1, -0.05) is 6.07 Å². The lowest BCUT2D eigenvalue weighted by molar-refractivity contribution is -0.145. The molecule has 4 aromatic heterocycles. The number of aromatic nitrogens is 7. The molecule has 2 aliphatic heterocycles. The van der Waals surface area contributed by atoms with Gasteiger partial charge in [0.05, 0.1) is 30.1 Å². The predicted octanol–water partition coefficient (Wildman–Crippen LogP) is 3.04. The molecule has 2 amide bonds. The summed E-state index contributed by atoms with van der Waals surface area (Å²) in [5.41, 5.74) is 1.43. The topological polar surface area (TPSA) is 153 Å². The van der Waals surface area contributed by atoms with Crippen molar-refractivity contribution in [3.63, 3.8) is 0 Å². The molecule has 17 heteroatoms. The summed E-state index contributed by atoms with van der Waals surface area (Å²) >= 11 is 0. The molecule has 0 aromatic carbocycles. The lowest BCUT2D eigenvalue weighted by atomic mass is 9.83. The summed E-state index contributed by atoms with van der Waals surface area (Å²) in [6, 6.07) is 9.35. The first-order chi connectivity index (χ1) is 23.4. The van der Waals surface area contributed by atoms with Crippen molar-refractivity contribution in [1.29, 1.82) is 5.26 Å². The van der Waals surface area contributed by atoms with Gasteiger partial charge in [0.15, 0.2) is 5.65 Å². The lowest BCUT2D eigenvalue weighted by Crippen LogP contribution is -2.66. The average Bonchev–Trinajstić information content (AvgIpc) is 3.64. The molecule has 1 saturated carbocycles. The number of nitrogens with one attached hydrogen (secondary N) is 1. The molecule has 0 radical (unpaired) electrons. The summed E-state index contributed by atoms with van der Waals surface area (Å²) in [6.07, 6.45) is 2.13. The van der Waals surface area contributed by atoms with Gasteiger partial charge in [-0.3, -0.25) is 24.5 Å². The third kappa shape index (κ3) is 6.57. The zero-order chi connectivity index (χ0) is 34.5. The monoisotopic (exact) mass is 676 g/mol. The number of nitrogens with zero attached hydrogens (tertiary/aromatic N) is 11. The number of hydrogen-bond acceptors (Lipinski definition) is 10. The molecule has 6 heterocycles. The Morgan fingerprint density at radius 2 is 1.86 bits per heavy atom. The Kier molecular flexibility index (Phi) is 8.31. The van der Waals surface area contributed by atoms with Crippen LogP contribution < -0.4 is 5.32 Å². The van der Waals surface area contributed by atoms with Crippen molar-refractivity contribution in [3.8, 4) is 17.3 Å². The van der Waals surface area contributed by atoms with Crippen LogP contribution in [0.2, 0.25) is 0 Å². The van der Waals surface area contributed by atoms with Crippen LogP contribution in [0.1, 0.15) is 54.1 Å². The fourth-order valence-electron chi connectivity index (χ4n) is 6.64. The van der Waals surface area contributed by atoms with E-state index < -0.39 is 23.4 Å². The molecule has 3 aliphatic rings. The molecule has 7 rings (SSSR count). The molecule has 0 spiro atoms. The van der Waals surface area contributed by atoms with Crippen LogP contribution in [0, 0.1) is 17.2 Å². The van der Waals surface area contributed by atoms with E-state index in [0.717, 1.165) is 24.1 Å². The van der Waals surface area contributed by atoms with Crippen LogP contribution in [-0.4, -0.2) is 107 Å². The summed E-state index contributed by atoms with van der Waals surface area (Å²) < 4.78 is 44.0. The number of likely N-dealkylation sites (tertiary alicyclic amines) is 2. The highest BCUT2D eigenvalue weighted by molar-refractivity contribution is 5.93. The molecule has 1 aliphatic carbocycles. The highest BCUT2D eigenvalue weighted by Crippen LogP contribution is 2.37. The Morgan fingerprint density at radius 3 is 2.53 bits per heavy atom. The molecule has 14 nitrogen and oxygen atoms in total. The summed E-state index contributed by atoms with van der Waals surface area (Å²) in [4.78, 5) is 42.7. The van der Waals surface area contributed by atoms with Gasteiger partial charge in [0.1, 0.15) is 11.2 Å². The number of carbonyl (C=O) groups excluding carboxylic acids is 2. The average molecular weight is 677 g/mol. The number of pyridine rings is 1. The fraction of sp³-hybridized carbons (Fsp3) is 0.500. The third-order valence-electron chi connectivity index (χ3n) is 9.31. The van der Waals surface area contributed by atoms with Crippen LogP contribution in [0.3, 0.4) is 0 Å².